The van der Waals surface area contributed by atoms with E-state index in [0.717, 1.165) is 30.0 Å². The fraction of sp³-hybridized carbons (Fsp3) is 0.500. The fourth-order valence-electron chi connectivity index (χ4n) is 3.70. The monoisotopic (exact) mass is 285 g/mol. The predicted molar refractivity (Wildman–Crippen MR) is 82.9 cm³/mol. The van der Waals surface area contributed by atoms with E-state index in [1.807, 2.05) is 31.2 Å². The molecular weight excluding hydrogens is 262 g/mol. The molecule has 2 saturated carbocycles. The third-order valence-corrected chi connectivity index (χ3v) is 5.19. The summed E-state index contributed by atoms with van der Waals surface area (Å²) in [6.07, 6.45) is 0.731. The van der Waals surface area contributed by atoms with E-state index in [1.54, 1.807) is 7.11 Å². The summed E-state index contributed by atoms with van der Waals surface area (Å²) >= 11 is 0. The van der Waals surface area contributed by atoms with Crippen molar-refractivity contribution < 1.29 is 9.53 Å². The summed E-state index contributed by atoms with van der Waals surface area (Å²) in [5.74, 6) is 2.23. The lowest BCUT2D eigenvalue weighted by Gasteiger charge is -2.14. The number of nitrogens with one attached hydrogen (secondary N) is 1. The highest BCUT2D eigenvalue weighted by Gasteiger charge is 2.65. The van der Waals surface area contributed by atoms with Crippen molar-refractivity contribution in [3.63, 3.8) is 0 Å². The van der Waals surface area contributed by atoms with Crippen molar-refractivity contribution in [3.8, 4) is 5.75 Å². The number of methoxy groups -OCH3 is 1. The van der Waals surface area contributed by atoms with Gasteiger partial charge in [0.2, 0.25) is 0 Å². The molecule has 3 rings (SSSR count). The van der Waals surface area contributed by atoms with Crippen LogP contribution < -0.4 is 10.1 Å². The average molecular weight is 285 g/mol. The maximum absolute atomic E-state index is 12.1. The second kappa shape index (κ2) is 4.90. The van der Waals surface area contributed by atoms with Crippen LogP contribution in [0.5, 0.6) is 5.75 Å². The van der Waals surface area contributed by atoms with E-state index in [1.165, 1.54) is 5.56 Å². The van der Waals surface area contributed by atoms with Gasteiger partial charge in [0.05, 0.1) is 7.11 Å². The summed E-state index contributed by atoms with van der Waals surface area (Å²) in [4.78, 5) is 12.1. The molecule has 21 heavy (non-hydrogen) atoms. The summed E-state index contributed by atoms with van der Waals surface area (Å²) in [6, 6.07) is 8.01. The molecule has 0 radical (unpaired) electrons. The molecule has 0 saturated heterocycles. The van der Waals surface area contributed by atoms with Gasteiger partial charge in [0, 0.05) is 24.2 Å². The largest absolute Gasteiger partial charge is 0.497 e. The van der Waals surface area contributed by atoms with Crippen molar-refractivity contribution in [1.82, 2.24) is 5.32 Å². The topological polar surface area (TPSA) is 38.3 Å². The van der Waals surface area contributed by atoms with Crippen LogP contribution in [0.1, 0.15) is 32.8 Å². The van der Waals surface area contributed by atoms with Gasteiger partial charge in [0.25, 0.3) is 0 Å². The zero-order chi connectivity index (χ0) is 15.2. The van der Waals surface area contributed by atoms with E-state index >= 15 is 0 Å². The Morgan fingerprint density at radius 3 is 2.57 bits per heavy atom. The van der Waals surface area contributed by atoms with Gasteiger partial charge >= 0.3 is 0 Å². The average Bonchev–Trinajstić information content (AvgIpc) is 2.83. The van der Waals surface area contributed by atoms with Crippen molar-refractivity contribution >= 4 is 5.78 Å². The Labute approximate surface area is 126 Å². The van der Waals surface area contributed by atoms with Crippen LogP contribution in [-0.4, -0.2) is 12.9 Å². The Bertz CT molecular complexity index is 598. The number of allylic oxidation sites excluding steroid dienone is 2. The second-order valence-corrected chi connectivity index (χ2v) is 6.77. The second-order valence-electron chi connectivity index (χ2n) is 6.77. The summed E-state index contributed by atoms with van der Waals surface area (Å²) < 4.78 is 5.16. The van der Waals surface area contributed by atoms with Crippen LogP contribution in [-0.2, 0) is 11.3 Å². The lowest BCUT2D eigenvalue weighted by molar-refractivity contribution is -0.115. The zero-order valence-corrected chi connectivity index (χ0v) is 13.2. The highest BCUT2D eigenvalue weighted by Crippen LogP contribution is 2.68. The lowest BCUT2D eigenvalue weighted by Crippen LogP contribution is -2.18. The molecule has 2 aliphatic rings. The molecule has 0 bridgehead atoms. The third kappa shape index (κ3) is 2.35. The van der Waals surface area contributed by atoms with Crippen molar-refractivity contribution in [2.45, 2.75) is 33.7 Å². The molecule has 3 nitrogen and oxygen atoms in total. The van der Waals surface area contributed by atoms with E-state index in [-0.39, 0.29) is 0 Å². The van der Waals surface area contributed by atoms with Crippen molar-refractivity contribution in [2.24, 2.45) is 17.3 Å². The van der Waals surface area contributed by atoms with Crippen LogP contribution in [0, 0.1) is 17.3 Å². The minimum Gasteiger partial charge on any atom is -0.497 e. The Balaban J connectivity index is 1.69. The lowest BCUT2D eigenvalue weighted by atomic mass is 9.95. The van der Waals surface area contributed by atoms with Gasteiger partial charge in [0.15, 0.2) is 5.78 Å². The quantitative estimate of drug-likeness (QED) is 0.863. The van der Waals surface area contributed by atoms with Gasteiger partial charge in [-0.25, -0.2) is 0 Å². The van der Waals surface area contributed by atoms with Gasteiger partial charge in [-0.3, -0.25) is 4.79 Å². The minimum absolute atomic E-state index is 0.312. The number of ketones is 1. The molecular formula is C18H23NO2. The van der Waals surface area contributed by atoms with Crippen LogP contribution in [0.25, 0.3) is 0 Å². The SMILES string of the molecule is COc1ccc(CNC(C)=C2C(=O)C[C@@H]3[C@H]2C3(C)C)cc1. The Hall–Kier alpha value is -1.77. The molecule has 2 fully saturated rings. The first-order valence-electron chi connectivity index (χ1n) is 7.56. The number of carbonyl (C=O) groups excluding carboxylic acids is 1. The molecule has 1 N–H and O–H groups in total. The number of hydrogen-bond acceptors (Lipinski definition) is 3. The molecule has 1 aromatic carbocycles. The predicted octanol–water partition coefficient (Wildman–Crippen LogP) is 3.30. The molecule has 2 atom stereocenters. The van der Waals surface area contributed by atoms with Gasteiger partial charge in [-0.15, -0.1) is 0 Å². The molecule has 0 amide bonds. The maximum Gasteiger partial charge on any atom is 0.161 e. The van der Waals surface area contributed by atoms with Gasteiger partial charge in [-0.1, -0.05) is 26.0 Å². The van der Waals surface area contributed by atoms with E-state index in [4.69, 9.17) is 4.74 Å². The molecule has 3 heteroatoms. The Morgan fingerprint density at radius 1 is 1.33 bits per heavy atom. The number of benzene rings is 1. The maximum atomic E-state index is 12.1. The van der Waals surface area contributed by atoms with Gasteiger partial charge < -0.3 is 10.1 Å². The van der Waals surface area contributed by atoms with Crippen LogP contribution in [0.2, 0.25) is 0 Å². The molecule has 0 aliphatic heterocycles. The zero-order valence-electron chi connectivity index (χ0n) is 13.2. The Morgan fingerprint density at radius 2 is 2.00 bits per heavy atom. The van der Waals surface area contributed by atoms with E-state index in [0.29, 0.717) is 23.0 Å². The number of fused-ring (bicyclic) bond motifs is 1. The van der Waals surface area contributed by atoms with Gasteiger partial charge in [0.1, 0.15) is 5.75 Å². The molecule has 1 aromatic rings. The smallest absolute Gasteiger partial charge is 0.161 e. The molecule has 0 aromatic heterocycles. The third-order valence-electron chi connectivity index (χ3n) is 5.19. The molecule has 0 unspecified atom stereocenters. The minimum atomic E-state index is 0.312. The van der Waals surface area contributed by atoms with Crippen molar-refractivity contribution in [3.05, 3.63) is 41.1 Å². The van der Waals surface area contributed by atoms with Crippen molar-refractivity contribution in [1.29, 1.82) is 0 Å². The molecule has 112 valence electrons. The first-order valence-corrected chi connectivity index (χ1v) is 7.56. The fourth-order valence-corrected chi connectivity index (χ4v) is 3.70. The Kier molecular flexibility index (Phi) is 3.31. The first-order chi connectivity index (χ1) is 9.95. The highest BCUT2D eigenvalue weighted by atomic mass is 16.5. The van der Waals surface area contributed by atoms with Crippen LogP contribution in [0.15, 0.2) is 35.5 Å². The highest BCUT2D eigenvalue weighted by molar-refractivity contribution is 6.01. The normalized spacial score (nSPS) is 28.1. The van der Waals surface area contributed by atoms with Crippen LogP contribution in [0.3, 0.4) is 0 Å². The summed E-state index contributed by atoms with van der Waals surface area (Å²) in [6.45, 7) is 7.31. The summed E-state index contributed by atoms with van der Waals surface area (Å²) in [7, 11) is 1.67. The van der Waals surface area contributed by atoms with Gasteiger partial charge in [-0.2, -0.15) is 0 Å². The number of hydrogen-bond donors (Lipinski definition) is 1. The number of Topliss-reactive ketones (excluding diaryl/α,β-unsaturated/α-hetero) is 1. The number of rotatable bonds is 4. The van der Waals surface area contributed by atoms with E-state index < -0.39 is 0 Å². The van der Waals surface area contributed by atoms with E-state index in [9.17, 15) is 4.79 Å². The summed E-state index contributed by atoms with van der Waals surface area (Å²) in [5, 5.41) is 3.42. The van der Waals surface area contributed by atoms with Crippen molar-refractivity contribution in [2.75, 3.05) is 7.11 Å². The first kappa shape index (κ1) is 14.2. The number of ether oxygens (including phenoxy) is 1. The van der Waals surface area contributed by atoms with Crippen LogP contribution in [0.4, 0.5) is 0 Å². The molecule has 2 aliphatic carbocycles. The standard InChI is InChI=1S/C18H23NO2/c1-11(16-15(20)9-14-17(16)18(14,2)3)19-10-12-5-7-13(21-4)8-6-12/h5-8,14,17,19H,9-10H2,1-4H3/t14-,17-/m1/s1. The summed E-state index contributed by atoms with van der Waals surface area (Å²) in [5.41, 5.74) is 3.59. The van der Waals surface area contributed by atoms with Crippen LogP contribution >= 0.6 is 0 Å². The van der Waals surface area contributed by atoms with Gasteiger partial charge in [-0.05, 0) is 41.9 Å². The number of carbonyl (C=O) groups is 1. The van der Waals surface area contributed by atoms with E-state index in [2.05, 4.69) is 19.2 Å². The molecule has 0 spiro atoms. The molecule has 0 heterocycles.